The van der Waals surface area contributed by atoms with E-state index in [4.69, 9.17) is 5.11 Å². The van der Waals surface area contributed by atoms with E-state index in [9.17, 15) is 23.1 Å². The Balaban J connectivity index is 2.39. The second-order valence-electron chi connectivity index (χ2n) is 5.89. The van der Waals surface area contributed by atoms with Crippen molar-refractivity contribution in [3.05, 3.63) is 29.5 Å². The van der Waals surface area contributed by atoms with E-state index < -0.39 is 27.6 Å². The van der Waals surface area contributed by atoms with Crippen LogP contribution in [-0.4, -0.2) is 80.6 Å². The summed E-state index contributed by atoms with van der Waals surface area (Å²) in [5, 5.41) is 21.9. The quantitative estimate of drug-likeness (QED) is 0.405. The number of ether oxygens (including phenoxy) is 1. The Morgan fingerprint density at radius 1 is 1.37 bits per heavy atom. The molecule has 1 aliphatic heterocycles. The maximum atomic E-state index is 12.5. The minimum atomic E-state index is -3.74. The predicted molar refractivity (Wildman–Crippen MR) is 95.3 cm³/mol. The highest BCUT2D eigenvalue weighted by Gasteiger charge is 2.34. The van der Waals surface area contributed by atoms with Gasteiger partial charge in [-0.3, -0.25) is 4.79 Å². The molecule has 0 aliphatic carbocycles. The number of hydrogen-bond donors (Lipinski definition) is 3. The molecule has 0 saturated carbocycles. The number of phenolic OH excluding ortho intramolecular Hbond substituents is 1. The van der Waals surface area contributed by atoms with E-state index in [0.717, 1.165) is 10.4 Å². The van der Waals surface area contributed by atoms with Crippen LogP contribution in [-0.2, 0) is 24.3 Å². The lowest BCUT2D eigenvalue weighted by molar-refractivity contribution is -0.136. The molecular formula is C16H21N3O7S. The molecule has 3 N–H and O–H groups in total. The molecule has 0 radical (unpaired) electrons. The Morgan fingerprint density at radius 3 is 2.56 bits per heavy atom. The van der Waals surface area contributed by atoms with Crippen molar-refractivity contribution in [2.24, 2.45) is 0 Å². The number of nitrogens with zero attached hydrogens (tertiary/aromatic N) is 2. The van der Waals surface area contributed by atoms with Gasteiger partial charge >= 0.3 is 5.97 Å². The zero-order valence-electron chi connectivity index (χ0n) is 15.1. The van der Waals surface area contributed by atoms with Gasteiger partial charge in [0, 0.05) is 26.7 Å². The predicted octanol–water partition coefficient (Wildman–Crippen LogP) is -0.684. The third-order valence-corrected chi connectivity index (χ3v) is 5.77. The van der Waals surface area contributed by atoms with Gasteiger partial charge in [0.2, 0.25) is 10.0 Å². The van der Waals surface area contributed by atoms with Crippen molar-refractivity contribution in [2.45, 2.75) is 4.90 Å². The summed E-state index contributed by atoms with van der Waals surface area (Å²) in [4.78, 5) is 25.5. The third kappa shape index (κ3) is 4.04. The fourth-order valence-electron chi connectivity index (χ4n) is 2.47. The first kappa shape index (κ1) is 20.7. The standard InChI is InChI=1S/C16H21N3O7S/c1-18(2)27(24,25)10-4-5-12(13(21)8-10)17-14-11(16(23)26-3)9-19(6-7-20)15(14)22/h4-5,8,17,20-21H,6-7,9H2,1-3H3. The zero-order valence-corrected chi connectivity index (χ0v) is 15.9. The van der Waals surface area contributed by atoms with Gasteiger partial charge in [-0.2, -0.15) is 0 Å². The zero-order chi connectivity index (χ0) is 20.4. The summed E-state index contributed by atoms with van der Waals surface area (Å²) >= 11 is 0. The van der Waals surface area contributed by atoms with Gasteiger partial charge in [-0.25, -0.2) is 17.5 Å². The number of anilines is 1. The van der Waals surface area contributed by atoms with Crippen LogP contribution < -0.4 is 5.32 Å². The molecule has 1 heterocycles. The number of sulfonamides is 1. The number of methoxy groups -OCH3 is 1. The van der Waals surface area contributed by atoms with Gasteiger partial charge in [0.15, 0.2) is 0 Å². The molecule has 1 aromatic carbocycles. The number of rotatable bonds is 7. The average Bonchev–Trinajstić information content (AvgIpc) is 2.92. The van der Waals surface area contributed by atoms with Crippen LogP contribution >= 0.6 is 0 Å². The van der Waals surface area contributed by atoms with Gasteiger partial charge in [0.25, 0.3) is 5.91 Å². The summed E-state index contributed by atoms with van der Waals surface area (Å²) in [6.45, 7) is -0.311. The van der Waals surface area contributed by atoms with Crippen LogP contribution in [0.4, 0.5) is 5.69 Å². The Labute approximate surface area is 156 Å². The smallest absolute Gasteiger partial charge is 0.337 e. The molecule has 0 fully saturated rings. The van der Waals surface area contributed by atoms with Crippen molar-refractivity contribution in [3.63, 3.8) is 0 Å². The van der Waals surface area contributed by atoms with Crippen LogP contribution in [0.2, 0.25) is 0 Å². The fraction of sp³-hybridized carbons (Fsp3) is 0.375. The normalized spacial score (nSPS) is 14.9. The SMILES string of the molecule is COC(=O)C1=C(Nc2ccc(S(=O)(=O)N(C)C)cc2O)C(=O)N(CCO)C1. The number of phenols is 1. The highest BCUT2D eigenvalue weighted by Crippen LogP contribution is 2.31. The summed E-state index contributed by atoms with van der Waals surface area (Å²) in [6.07, 6.45) is 0. The molecule has 0 saturated heterocycles. The summed E-state index contributed by atoms with van der Waals surface area (Å²) < 4.78 is 29.9. The second-order valence-corrected chi connectivity index (χ2v) is 8.04. The van der Waals surface area contributed by atoms with Crippen LogP contribution in [0.5, 0.6) is 5.75 Å². The van der Waals surface area contributed by atoms with Crippen molar-refractivity contribution >= 4 is 27.6 Å². The van der Waals surface area contributed by atoms with Gasteiger partial charge in [-0.1, -0.05) is 0 Å². The minimum absolute atomic E-state index is 0.0243. The molecule has 1 amide bonds. The molecular weight excluding hydrogens is 378 g/mol. The summed E-state index contributed by atoms with van der Waals surface area (Å²) in [7, 11) is 0.149. The van der Waals surface area contributed by atoms with Crippen LogP contribution in [0.1, 0.15) is 0 Å². The first-order valence-corrected chi connectivity index (χ1v) is 9.31. The molecule has 1 aliphatic rings. The molecule has 148 valence electrons. The molecule has 2 rings (SSSR count). The number of β-amino-alcohol motifs (C(OH)–C–C–N with tert-alkyl or cyclic N) is 1. The maximum absolute atomic E-state index is 12.5. The van der Waals surface area contributed by atoms with Crippen molar-refractivity contribution < 1.29 is 33.0 Å². The van der Waals surface area contributed by atoms with Crippen LogP contribution in [0.3, 0.4) is 0 Å². The van der Waals surface area contributed by atoms with Crippen molar-refractivity contribution in [2.75, 3.05) is 46.2 Å². The van der Waals surface area contributed by atoms with E-state index in [1.807, 2.05) is 0 Å². The minimum Gasteiger partial charge on any atom is -0.506 e. The number of aliphatic hydroxyl groups is 1. The molecule has 0 aromatic heterocycles. The van der Waals surface area contributed by atoms with Crippen molar-refractivity contribution in [1.29, 1.82) is 0 Å². The number of aromatic hydroxyl groups is 1. The highest BCUT2D eigenvalue weighted by molar-refractivity contribution is 7.89. The molecule has 1 aromatic rings. The van der Waals surface area contributed by atoms with Crippen molar-refractivity contribution in [1.82, 2.24) is 9.21 Å². The Morgan fingerprint density at radius 2 is 2.04 bits per heavy atom. The molecule has 10 nitrogen and oxygen atoms in total. The van der Waals surface area contributed by atoms with Crippen molar-refractivity contribution in [3.8, 4) is 5.75 Å². The first-order chi connectivity index (χ1) is 12.6. The van der Waals surface area contributed by atoms with E-state index in [2.05, 4.69) is 10.1 Å². The summed E-state index contributed by atoms with van der Waals surface area (Å²) in [6, 6.07) is 3.59. The third-order valence-electron chi connectivity index (χ3n) is 3.96. The van der Waals surface area contributed by atoms with Crippen LogP contribution in [0.15, 0.2) is 34.4 Å². The lowest BCUT2D eigenvalue weighted by Crippen LogP contribution is -2.31. The summed E-state index contributed by atoms with van der Waals surface area (Å²) in [5.74, 6) is -1.69. The van der Waals surface area contributed by atoms with Gasteiger partial charge in [0.05, 0.1) is 36.4 Å². The van der Waals surface area contributed by atoms with Gasteiger partial charge in [-0.05, 0) is 12.1 Å². The van der Waals surface area contributed by atoms with Gasteiger partial charge in [-0.15, -0.1) is 0 Å². The number of nitrogens with one attached hydrogen (secondary N) is 1. The fourth-order valence-corrected chi connectivity index (χ4v) is 3.39. The highest BCUT2D eigenvalue weighted by atomic mass is 32.2. The molecule has 0 bridgehead atoms. The monoisotopic (exact) mass is 399 g/mol. The molecule has 0 unspecified atom stereocenters. The number of carbonyl (C=O) groups excluding carboxylic acids is 2. The molecule has 27 heavy (non-hydrogen) atoms. The van der Waals surface area contributed by atoms with E-state index in [0.29, 0.717) is 0 Å². The van der Waals surface area contributed by atoms with Crippen LogP contribution in [0.25, 0.3) is 0 Å². The number of amides is 1. The van der Waals surface area contributed by atoms with E-state index in [1.54, 1.807) is 0 Å². The van der Waals surface area contributed by atoms with Gasteiger partial charge in [0.1, 0.15) is 11.4 Å². The topological polar surface area (TPSA) is 136 Å². The second kappa shape index (κ2) is 7.94. The number of carbonyl (C=O) groups is 2. The molecule has 0 spiro atoms. The molecule has 11 heteroatoms. The lowest BCUT2D eigenvalue weighted by atomic mass is 10.2. The molecule has 0 atom stereocenters. The van der Waals surface area contributed by atoms with Crippen LogP contribution in [0, 0.1) is 0 Å². The Hall–Kier alpha value is -2.63. The van der Waals surface area contributed by atoms with Gasteiger partial charge < -0.3 is 25.2 Å². The van der Waals surface area contributed by atoms with E-state index in [-0.39, 0.29) is 41.5 Å². The average molecular weight is 399 g/mol. The largest absolute Gasteiger partial charge is 0.506 e. The number of benzene rings is 1. The van der Waals surface area contributed by atoms with E-state index in [1.165, 1.54) is 38.2 Å². The summed E-state index contributed by atoms with van der Waals surface area (Å²) in [5.41, 5.74) is -0.0162. The van der Waals surface area contributed by atoms with E-state index >= 15 is 0 Å². The Bertz CT molecular complexity index is 893. The lowest BCUT2D eigenvalue weighted by Gasteiger charge is -2.16. The number of aliphatic hydroxyl groups excluding tert-OH is 1. The Kier molecular flexibility index (Phi) is 6.08. The first-order valence-electron chi connectivity index (χ1n) is 7.87. The number of esters is 1. The maximum Gasteiger partial charge on any atom is 0.337 e. The number of hydrogen-bond acceptors (Lipinski definition) is 8.